The summed E-state index contributed by atoms with van der Waals surface area (Å²) in [7, 11) is 0. The molecule has 0 aliphatic carbocycles. The Hall–Kier alpha value is -4.55. The lowest BCUT2D eigenvalue weighted by atomic mass is 10.1. The largest absolute Gasteiger partial charge is 0.492 e. The fraction of sp³-hybridized carbons (Fsp3) is 0.0909. The first-order valence-electron chi connectivity index (χ1n) is 12.8. The zero-order chi connectivity index (χ0) is 27.0. The first-order chi connectivity index (χ1) is 19.1. The number of rotatable bonds is 9. The van der Waals surface area contributed by atoms with E-state index < -0.39 is 5.25 Å². The molecule has 0 aromatic heterocycles. The zero-order valence-electron chi connectivity index (χ0n) is 21.5. The highest BCUT2D eigenvalue weighted by molar-refractivity contribution is 8.00. The van der Waals surface area contributed by atoms with Crippen LogP contribution in [0, 0.1) is 0 Å². The van der Waals surface area contributed by atoms with Crippen molar-refractivity contribution in [2.75, 3.05) is 17.2 Å². The van der Waals surface area contributed by atoms with Crippen molar-refractivity contribution in [1.29, 1.82) is 0 Å². The maximum Gasteiger partial charge on any atom is 0.255 e. The molecule has 5 nitrogen and oxygen atoms in total. The second-order valence-electron chi connectivity index (χ2n) is 8.87. The van der Waals surface area contributed by atoms with Gasteiger partial charge in [-0.05, 0) is 71.8 Å². The van der Waals surface area contributed by atoms with Crippen LogP contribution >= 0.6 is 11.8 Å². The predicted octanol–water partition coefficient (Wildman–Crippen LogP) is 7.96. The van der Waals surface area contributed by atoms with E-state index in [1.165, 1.54) is 11.8 Å². The minimum atomic E-state index is -0.487. The van der Waals surface area contributed by atoms with E-state index in [0.29, 0.717) is 29.3 Å². The lowest BCUT2D eigenvalue weighted by Gasteiger charge is -2.19. The standard InChI is InChI=1S/C33H28N2O3S/c1-2-38-30-15-9-8-14-29(30)35-33(37)31(24-11-4-3-5-12-24)39-28-20-18-27(19-21-28)34-32(36)26-17-16-23-10-6-7-13-25(23)22-26/h3-22,31H,2H2,1H3,(H,34,36)(H,35,37). The van der Waals surface area contributed by atoms with Crippen molar-refractivity contribution >= 4 is 45.7 Å². The first kappa shape index (κ1) is 26.1. The Morgan fingerprint density at radius 2 is 1.44 bits per heavy atom. The molecule has 6 heteroatoms. The van der Waals surface area contributed by atoms with Crippen molar-refractivity contribution in [1.82, 2.24) is 0 Å². The molecule has 2 amide bonds. The highest BCUT2D eigenvalue weighted by atomic mass is 32.2. The maximum atomic E-state index is 13.5. The number of carbonyl (C=O) groups is 2. The summed E-state index contributed by atoms with van der Waals surface area (Å²) in [5.74, 6) is 0.319. The summed E-state index contributed by atoms with van der Waals surface area (Å²) >= 11 is 1.45. The summed E-state index contributed by atoms with van der Waals surface area (Å²) in [6, 6.07) is 38.3. The van der Waals surface area contributed by atoms with E-state index in [2.05, 4.69) is 10.6 Å². The van der Waals surface area contributed by atoms with Crippen LogP contribution in [-0.4, -0.2) is 18.4 Å². The fourth-order valence-corrected chi connectivity index (χ4v) is 5.26. The van der Waals surface area contributed by atoms with Crippen LogP contribution in [0.2, 0.25) is 0 Å². The number of hydrogen-bond donors (Lipinski definition) is 2. The average Bonchev–Trinajstić information content (AvgIpc) is 2.98. The summed E-state index contributed by atoms with van der Waals surface area (Å²) in [6.45, 7) is 2.42. The number of thioether (sulfide) groups is 1. The smallest absolute Gasteiger partial charge is 0.255 e. The van der Waals surface area contributed by atoms with Gasteiger partial charge in [0.2, 0.25) is 5.91 Å². The van der Waals surface area contributed by atoms with Crippen molar-refractivity contribution in [3.8, 4) is 5.75 Å². The molecule has 5 aromatic rings. The van der Waals surface area contributed by atoms with Crippen molar-refractivity contribution < 1.29 is 14.3 Å². The molecule has 1 unspecified atom stereocenters. The first-order valence-corrected chi connectivity index (χ1v) is 13.6. The van der Waals surface area contributed by atoms with Crippen LogP contribution in [0.1, 0.15) is 28.1 Å². The molecular formula is C33H28N2O3S. The van der Waals surface area contributed by atoms with Crippen molar-refractivity contribution in [3.63, 3.8) is 0 Å². The number of hydrogen-bond acceptors (Lipinski definition) is 4. The molecule has 0 bridgehead atoms. The Balaban J connectivity index is 1.31. The number of nitrogens with one attached hydrogen (secondary N) is 2. The number of benzene rings is 5. The molecule has 0 aliphatic heterocycles. The van der Waals surface area contributed by atoms with Crippen LogP contribution in [-0.2, 0) is 4.79 Å². The molecule has 0 aliphatic rings. The molecule has 0 saturated heterocycles. The SMILES string of the molecule is CCOc1ccccc1NC(=O)C(Sc1ccc(NC(=O)c2ccc3ccccc3c2)cc1)c1ccccc1. The predicted molar refractivity (Wildman–Crippen MR) is 160 cm³/mol. The van der Waals surface area contributed by atoms with Gasteiger partial charge in [-0.1, -0.05) is 72.8 Å². The molecule has 39 heavy (non-hydrogen) atoms. The number of para-hydroxylation sites is 2. The van der Waals surface area contributed by atoms with Gasteiger partial charge in [0.25, 0.3) is 5.91 Å². The third-order valence-electron chi connectivity index (χ3n) is 6.16. The lowest BCUT2D eigenvalue weighted by Crippen LogP contribution is -2.19. The van der Waals surface area contributed by atoms with E-state index in [4.69, 9.17) is 4.74 Å². The Kier molecular flexibility index (Phi) is 8.24. The Morgan fingerprint density at radius 3 is 2.21 bits per heavy atom. The van der Waals surface area contributed by atoms with Crippen molar-refractivity contribution in [2.45, 2.75) is 17.1 Å². The molecule has 5 aromatic carbocycles. The number of carbonyl (C=O) groups excluding carboxylic acids is 2. The minimum Gasteiger partial charge on any atom is -0.492 e. The third-order valence-corrected chi connectivity index (χ3v) is 7.43. The van der Waals surface area contributed by atoms with Gasteiger partial charge >= 0.3 is 0 Å². The fourth-order valence-electron chi connectivity index (χ4n) is 4.24. The van der Waals surface area contributed by atoms with Gasteiger partial charge in [-0.15, -0.1) is 11.8 Å². The van der Waals surface area contributed by atoms with Gasteiger partial charge in [-0.2, -0.15) is 0 Å². The highest BCUT2D eigenvalue weighted by Crippen LogP contribution is 2.37. The normalized spacial score (nSPS) is 11.5. The van der Waals surface area contributed by atoms with E-state index in [1.807, 2.05) is 128 Å². The molecule has 0 fully saturated rings. The van der Waals surface area contributed by atoms with Gasteiger partial charge in [0.15, 0.2) is 0 Å². The molecule has 0 heterocycles. The molecule has 0 saturated carbocycles. The molecule has 2 N–H and O–H groups in total. The van der Waals surface area contributed by atoms with E-state index in [0.717, 1.165) is 21.2 Å². The second kappa shape index (κ2) is 12.3. The third kappa shape index (κ3) is 6.48. The van der Waals surface area contributed by atoms with Gasteiger partial charge < -0.3 is 15.4 Å². The monoisotopic (exact) mass is 532 g/mol. The summed E-state index contributed by atoms with van der Waals surface area (Å²) in [4.78, 5) is 27.3. The Labute approximate surface area is 232 Å². The molecule has 0 spiro atoms. The van der Waals surface area contributed by atoms with E-state index in [9.17, 15) is 9.59 Å². The van der Waals surface area contributed by atoms with Gasteiger partial charge in [0.1, 0.15) is 11.0 Å². The Morgan fingerprint density at radius 1 is 0.744 bits per heavy atom. The number of ether oxygens (including phenoxy) is 1. The quantitative estimate of drug-likeness (QED) is 0.189. The summed E-state index contributed by atoms with van der Waals surface area (Å²) in [5, 5.41) is 7.63. The topological polar surface area (TPSA) is 67.4 Å². The Bertz CT molecular complexity index is 1590. The van der Waals surface area contributed by atoms with Gasteiger partial charge in [-0.25, -0.2) is 0 Å². The lowest BCUT2D eigenvalue weighted by molar-refractivity contribution is -0.115. The summed E-state index contributed by atoms with van der Waals surface area (Å²) in [6.07, 6.45) is 0. The highest BCUT2D eigenvalue weighted by Gasteiger charge is 2.23. The molecule has 5 rings (SSSR count). The van der Waals surface area contributed by atoms with Crippen LogP contribution in [0.15, 0.2) is 126 Å². The summed E-state index contributed by atoms with van der Waals surface area (Å²) in [5.41, 5.74) is 2.81. The van der Waals surface area contributed by atoms with Crippen LogP contribution in [0.3, 0.4) is 0 Å². The van der Waals surface area contributed by atoms with Crippen LogP contribution < -0.4 is 15.4 Å². The number of fused-ring (bicyclic) bond motifs is 1. The molecule has 194 valence electrons. The van der Waals surface area contributed by atoms with Crippen molar-refractivity contribution in [3.05, 3.63) is 132 Å². The maximum absolute atomic E-state index is 13.5. The molecule has 1 atom stereocenters. The van der Waals surface area contributed by atoms with Gasteiger partial charge in [0.05, 0.1) is 12.3 Å². The zero-order valence-corrected chi connectivity index (χ0v) is 22.3. The second-order valence-corrected chi connectivity index (χ2v) is 10.0. The van der Waals surface area contributed by atoms with Crippen LogP contribution in [0.5, 0.6) is 5.75 Å². The average molecular weight is 533 g/mol. The van der Waals surface area contributed by atoms with E-state index in [1.54, 1.807) is 0 Å². The minimum absolute atomic E-state index is 0.146. The van der Waals surface area contributed by atoms with Crippen LogP contribution in [0.4, 0.5) is 11.4 Å². The van der Waals surface area contributed by atoms with E-state index in [-0.39, 0.29) is 11.8 Å². The molecular weight excluding hydrogens is 504 g/mol. The molecule has 0 radical (unpaired) electrons. The van der Waals surface area contributed by atoms with Crippen LogP contribution in [0.25, 0.3) is 10.8 Å². The van der Waals surface area contributed by atoms with Crippen molar-refractivity contribution in [2.24, 2.45) is 0 Å². The number of anilines is 2. The van der Waals surface area contributed by atoms with E-state index >= 15 is 0 Å². The van der Waals surface area contributed by atoms with Gasteiger partial charge in [-0.3, -0.25) is 9.59 Å². The number of amides is 2. The summed E-state index contributed by atoms with van der Waals surface area (Å²) < 4.78 is 5.68. The van der Waals surface area contributed by atoms with Gasteiger partial charge in [0, 0.05) is 16.1 Å².